The highest BCUT2D eigenvalue weighted by Crippen LogP contribution is 2.26. The number of hydrogen-bond donors (Lipinski definition) is 2. The first-order valence-corrected chi connectivity index (χ1v) is 7.36. The molecule has 2 atom stereocenters. The molecule has 1 aliphatic heterocycles. The van der Waals surface area contributed by atoms with Crippen molar-refractivity contribution in [3.63, 3.8) is 0 Å². The Bertz CT molecular complexity index is 562. The number of urea groups is 1. The number of nitrogens with zero attached hydrogens (tertiary/aromatic N) is 1. The molecule has 1 saturated heterocycles. The lowest BCUT2D eigenvalue weighted by molar-refractivity contribution is 0.0697. The number of carboxylic acid groups (broad SMARTS) is 1. The van der Waals surface area contributed by atoms with Crippen molar-refractivity contribution in [1.82, 2.24) is 4.90 Å². The van der Waals surface area contributed by atoms with Crippen LogP contribution in [0.25, 0.3) is 0 Å². The molecule has 1 heterocycles. The number of rotatable bonds is 2. The van der Waals surface area contributed by atoms with Gasteiger partial charge in [-0.25, -0.2) is 9.59 Å². The van der Waals surface area contributed by atoms with Gasteiger partial charge in [0.25, 0.3) is 0 Å². The van der Waals surface area contributed by atoms with Gasteiger partial charge in [-0.2, -0.15) is 0 Å². The first-order chi connectivity index (χ1) is 9.88. The topological polar surface area (TPSA) is 69.6 Å². The van der Waals surface area contributed by atoms with E-state index in [0.29, 0.717) is 11.6 Å². The van der Waals surface area contributed by atoms with Crippen LogP contribution in [0, 0.1) is 5.92 Å². The smallest absolute Gasteiger partial charge is 0.335 e. The number of likely N-dealkylation sites (tertiary alicyclic amines) is 1. The molecule has 0 saturated carbocycles. The van der Waals surface area contributed by atoms with Gasteiger partial charge in [0.15, 0.2) is 0 Å². The summed E-state index contributed by atoms with van der Waals surface area (Å²) in [4.78, 5) is 25.0. The van der Waals surface area contributed by atoms with Crippen LogP contribution in [0.15, 0.2) is 18.2 Å². The molecule has 21 heavy (non-hydrogen) atoms. The monoisotopic (exact) mass is 310 g/mol. The summed E-state index contributed by atoms with van der Waals surface area (Å²) < 4.78 is 0. The number of hydrogen-bond acceptors (Lipinski definition) is 2. The number of nitrogens with one attached hydrogen (secondary N) is 1. The molecule has 2 rings (SSSR count). The lowest BCUT2D eigenvalue weighted by Crippen LogP contribution is -2.47. The van der Waals surface area contributed by atoms with E-state index in [1.807, 2.05) is 6.92 Å². The summed E-state index contributed by atoms with van der Waals surface area (Å²) in [7, 11) is 0. The molecule has 1 aliphatic rings. The molecule has 6 heteroatoms. The minimum atomic E-state index is -1.05. The second kappa shape index (κ2) is 6.35. The fourth-order valence-electron chi connectivity index (χ4n) is 2.51. The average molecular weight is 311 g/mol. The molecule has 0 bridgehead atoms. The summed E-state index contributed by atoms with van der Waals surface area (Å²) in [5.41, 5.74) is 0.523. The van der Waals surface area contributed by atoms with Gasteiger partial charge in [0.05, 0.1) is 16.3 Å². The van der Waals surface area contributed by atoms with E-state index in [1.54, 1.807) is 4.90 Å². The molecule has 0 radical (unpaired) electrons. The van der Waals surface area contributed by atoms with Gasteiger partial charge in [-0.1, -0.05) is 18.5 Å². The molecule has 1 fully saturated rings. The Labute approximate surface area is 128 Å². The van der Waals surface area contributed by atoms with Crippen molar-refractivity contribution < 1.29 is 14.7 Å². The molecular weight excluding hydrogens is 292 g/mol. The summed E-state index contributed by atoms with van der Waals surface area (Å²) in [5.74, 6) is -0.565. The van der Waals surface area contributed by atoms with Crippen molar-refractivity contribution in [2.24, 2.45) is 5.92 Å². The highest BCUT2D eigenvalue weighted by atomic mass is 35.5. The fraction of sp³-hybridized carbons (Fsp3) is 0.467. The van der Waals surface area contributed by atoms with Crippen molar-refractivity contribution in [2.45, 2.75) is 32.7 Å². The highest BCUT2D eigenvalue weighted by molar-refractivity contribution is 6.34. The largest absolute Gasteiger partial charge is 0.478 e. The van der Waals surface area contributed by atoms with Gasteiger partial charge in [0.1, 0.15) is 0 Å². The zero-order chi connectivity index (χ0) is 15.6. The van der Waals surface area contributed by atoms with E-state index >= 15 is 0 Å². The average Bonchev–Trinajstić information content (AvgIpc) is 2.43. The van der Waals surface area contributed by atoms with E-state index < -0.39 is 5.97 Å². The van der Waals surface area contributed by atoms with Crippen LogP contribution in [0.1, 0.15) is 37.0 Å². The Morgan fingerprint density at radius 1 is 1.33 bits per heavy atom. The lowest BCUT2D eigenvalue weighted by Gasteiger charge is -2.36. The van der Waals surface area contributed by atoms with Gasteiger partial charge >= 0.3 is 12.0 Å². The van der Waals surface area contributed by atoms with Crippen LogP contribution in [0.3, 0.4) is 0 Å². The quantitative estimate of drug-likeness (QED) is 0.875. The lowest BCUT2D eigenvalue weighted by atomic mass is 9.95. The number of amides is 2. The fourth-order valence-corrected chi connectivity index (χ4v) is 2.74. The maximum atomic E-state index is 12.3. The Morgan fingerprint density at radius 2 is 2.05 bits per heavy atom. The van der Waals surface area contributed by atoms with Crippen molar-refractivity contribution >= 4 is 29.3 Å². The van der Waals surface area contributed by atoms with Crippen LogP contribution in [0.4, 0.5) is 10.5 Å². The maximum absolute atomic E-state index is 12.3. The van der Waals surface area contributed by atoms with Crippen molar-refractivity contribution in [3.05, 3.63) is 28.8 Å². The van der Waals surface area contributed by atoms with Crippen LogP contribution in [0.5, 0.6) is 0 Å². The van der Waals surface area contributed by atoms with Crippen LogP contribution >= 0.6 is 11.6 Å². The summed E-state index contributed by atoms with van der Waals surface area (Å²) in [6, 6.07) is 4.27. The van der Waals surface area contributed by atoms with E-state index in [1.165, 1.54) is 18.2 Å². The molecule has 2 unspecified atom stereocenters. The molecule has 2 amide bonds. The SMILES string of the molecule is CC1CCC(C)N(C(=O)Nc2ccc(C(=O)O)cc2Cl)C1. The van der Waals surface area contributed by atoms with E-state index in [0.717, 1.165) is 19.4 Å². The zero-order valence-electron chi connectivity index (χ0n) is 12.1. The number of piperidine rings is 1. The molecule has 5 nitrogen and oxygen atoms in total. The Balaban J connectivity index is 2.10. The number of anilines is 1. The maximum Gasteiger partial charge on any atom is 0.335 e. The number of aromatic carboxylic acids is 1. The van der Waals surface area contributed by atoms with Crippen molar-refractivity contribution in [3.8, 4) is 0 Å². The molecule has 1 aromatic rings. The molecule has 1 aromatic carbocycles. The number of carboxylic acids is 1. The Hall–Kier alpha value is -1.75. The van der Waals surface area contributed by atoms with Crippen LogP contribution in [0.2, 0.25) is 5.02 Å². The normalized spacial score (nSPS) is 22.0. The molecule has 2 N–H and O–H groups in total. The number of carbonyl (C=O) groups is 2. The summed E-state index contributed by atoms with van der Waals surface area (Å²) in [6.07, 6.45) is 2.11. The van der Waals surface area contributed by atoms with Gasteiger partial charge in [-0.3, -0.25) is 0 Å². The second-order valence-corrected chi connectivity index (χ2v) is 6.02. The first kappa shape index (κ1) is 15.6. The predicted octanol–water partition coefficient (Wildman–Crippen LogP) is 3.69. The predicted molar refractivity (Wildman–Crippen MR) is 82.0 cm³/mol. The standard InChI is InChI=1S/C15H19ClN2O3/c1-9-3-4-10(2)18(8-9)15(21)17-13-6-5-11(14(19)20)7-12(13)16/h5-7,9-10H,3-4,8H2,1-2H3,(H,17,21)(H,19,20). The summed E-state index contributed by atoms with van der Waals surface area (Å²) in [6.45, 7) is 4.87. The van der Waals surface area contributed by atoms with Crippen molar-refractivity contribution in [2.75, 3.05) is 11.9 Å². The van der Waals surface area contributed by atoms with Gasteiger partial charge in [0, 0.05) is 12.6 Å². The van der Waals surface area contributed by atoms with Gasteiger partial charge in [-0.15, -0.1) is 0 Å². The molecular formula is C15H19ClN2O3. The second-order valence-electron chi connectivity index (χ2n) is 5.61. The molecule has 0 aromatic heterocycles. The van der Waals surface area contributed by atoms with E-state index in [2.05, 4.69) is 12.2 Å². The number of halogens is 1. The molecule has 0 aliphatic carbocycles. The van der Waals surface area contributed by atoms with E-state index in [9.17, 15) is 9.59 Å². The van der Waals surface area contributed by atoms with Gasteiger partial charge in [-0.05, 0) is 43.9 Å². The molecule has 0 spiro atoms. The minimum Gasteiger partial charge on any atom is -0.478 e. The highest BCUT2D eigenvalue weighted by Gasteiger charge is 2.27. The zero-order valence-corrected chi connectivity index (χ0v) is 12.9. The molecule has 114 valence electrons. The minimum absolute atomic E-state index is 0.0953. The summed E-state index contributed by atoms with van der Waals surface area (Å²) in [5, 5.41) is 11.9. The van der Waals surface area contributed by atoms with Crippen LogP contribution in [-0.2, 0) is 0 Å². The number of carbonyl (C=O) groups excluding carboxylic acids is 1. The van der Waals surface area contributed by atoms with Gasteiger partial charge < -0.3 is 15.3 Å². The number of benzene rings is 1. The first-order valence-electron chi connectivity index (χ1n) is 6.99. The third-order valence-electron chi connectivity index (χ3n) is 3.84. The Morgan fingerprint density at radius 3 is 2.67 bits per heavy atom. The van der Waals surface area contributed by atoms with Gasteiger partial charge in [0.2, 0.25) is 0 Å². The van der Waals surface area contributed by atoms with E-state index in [-0.39, 0.29) is 22.7 Å². The Kier molecular flexibility index (Phi) is 4.73. The third-order valence-corrected chi connectivity index (χ3v) is 4.15. The van der Waals surface area contributed by atoms with Crippen LogP contribution in [-0.4, -0.2) is 34.6 Å². The van der Waals surface area contributed by atoms with E-state index in [4.69, 9.17) is 16.7 Å². The summed E-state index contributed by atoms with van der Waals surface area (Å²) >= 11 is 6.02. The van der Waals surface area contributed by atoms with Crippen molar-refractivity contribution in [1.29, 1.82) is 0 Å². The van der Waals surface area contributed by atoms with Crippen LogP contribution < -0.4 is 5.32 Å². The third kappa shape index (κ3) is 3.67.